The second-order valence-electron chi connectivity index (χ2n) is 7.15. The fourth-order valence-electron chi connectivity index (χ4n) is 3.25. The molecule has 0 unspecified atom stereocenters. The minimum atomic E-state index is 0.660. The molecule has 2 aromatic carbocycles. The number of aromatic nitrogens is 3. The van der Waals surface area contributed by atoms with Crippen LogP contribution in [0.1, 0.15) is 22.6 Å². The molecule has 2 aromatic heterocycles. The number of aryl methyl sites for hydroxylation is 1. The third-order valence-electron chi connectivity index (χ3n) is 4.62. The van der Waals surface area contributed by atoms with Gasteiger partial charge in [0.25, 0.3) is 0 Å². The number of rotatable bonds is 5. The number of nitrogens with two attached hydrogens (primary N) is 1. The van der Waals surface area contributed by atoms with Gasteiger partial charge in [-0.2, -0.15) is 0 Å². The minimum Gasteiger partial charge on any atom is -0.269 e. The van der Waals surface area contributed by atoms with E-state index in [1.54, 1.807) is 11.2 Å². The lowest BCUT2D eigenvalue weighted by atomic mass is 10.0. The van der Waals surface area contributed by atoms with Crippen LogP contribution in [0.4, 0.5) is 0 Å². The molecule has 0 radical (unpaired) electrons. The molecular formula is C24H23N5. The first-order chi connectivity index (χ1) is 14.1. The summed E-state index contributed by atoms with van der Waals surface area (Å²) in [7, 11) is 1.86. The average molecular weight is 381 g/mol. The fraction of sp³-hybridized carbons (Fsp3) is 0.125. The minimum absolute atomic E-state index is 0.660. The van der Waals surface area contributed by atoms with E-state index in [9.17, 15) is 0 Å². The number of nitrogens with zero attached hydrogens (tertiary/aromatic N) is 4. The van der Waals surface area contributed by atoms with Crippen molar-refractivity contribution in [3.05, 3.63) is 89.5 Å². The molecule has 5 heteroatoms. The van der Waals surface area contributed by atoms with Gasteiger partial charge in [-0.3, -0.25) is 10.8 Å². The summed E-state index contributed by atoms with van der Waals surface area (Å²) < 4.78 is 0. The highest BCUT2D eigenvalue weighted by molar-refractivity contribution is 5.93. The zero-order valence-electron chi connectivity index (χ0n) is 16.6. The van der Waals surface area contributed by atoms with Crippen LogP contribution in [0.2, 0.25) is 0 Å². The van der Waals surface area contributed by atoms with E-state index >= 15 is 0 Å². The first-order valence-corrected chi connectivity index (χ1v) is 9.51. The molecule has 0 bridgehead atoms. The Balaban J connectivity index is 1.78. The second-order valence-corrected chi connectivity index (χ2v) is 7.15. The van der Waals surface area contributed by atoms with Crippen LogP contribution < -0.4 is 5.84 Å². The van der Waals surface area contributed by atoms with E-state index in [0.717, 1.165) is 33.4 Å². The molecule has 0 aliphatic rings. The van der Waals surface area contributed by atoms with Gasteiger partial charge in [-0.05, 0) is 48.9 Å². The molecule has 0 atom stereocenters. The van der Waals surface area contributed by atoms with Crippen molar-refractivity contribution in [3.8, 4) is 11.3 Å². The molecule has 5 nitrogen and oxygen atoms in total. The molecule has 0 spiro atoms. The van der Waals surface area contributed by atoms with Crippen LogP contribution in [0, 0.1) is 6.92 Å². The van der Waals surface area contributed by atoms with E-state index in [1.165, 1.54) is 5.56 Å². The van der Waals surface area contributed by atoms with Crippen LogP contribution in [-0.4, -0.2) is 27.0 Å². The number of hydrogen-bond acceptors (Lipinski definition) is 5. The smallest absolute Gasteiger partial charge is 0.153 e. The van der Waals surface area contributed by atoms with Gasteiger partial charge in [0.05, 0.1) is 16.9 Å². The molecule has 2 heterocycles. The number of fused-ring (bicyclic) bond motifs is 1. The summed E-state index contributed by atoms with van der Waals surface area (Å²) >= 11 is 0. The maximum absolute atomic E-state index is 5.77. The zero-order chi connectivity index (χ0) is 20.2. The summed E-state index contributed by atoms with van der Waals surface area (Å²) in [6.07, 6.45) is 5.61. The highest BCUT2D eigenvalue weighted by Gasteiger charge is 2.10. The van der Waals surface area contributed by atoms with Gasteiger partial charge in [-0.1, -0.05) is 42.0 Å². The van der Waals surface area contributed by atoms with Crippen LogP contribution in [0.5, 0.6) is 0 Å². The van der Waals surface area contributed by atoms with E-state index in [-0.39, 0.29) is 0 Å². The Labute approximate surface area is 170 Å². The maximum Gasteiger partial charge on any atom is 0.153 e. The summed E-state index contributed by atoms with van der Waals surface area (Å²) in [5, 5.41) is 2.71. The van der Waals surface area contributed by atoms with Crippen molar-refractivity contribution in [1.82, 2.24) is 20.0 Å². The SMILES string of the molecule is Cc1ccc2nc(C=Cc3ccccn3)nc(-c3ccc(CN(C)N)cc3)c2c1. The van der Waals surface area contributed by atoms with E-state index in [4.69, 9.17) is 15.8 Å². The zero-order valence-corrected chi connectivity index (χ0v) is 16.6. The molecule has 29 heavy (non-hydrogen) atoms. The van der Waals surface area contributed by atoms with Crippen molar-refractivity contribution in [2.45, 2.75) is 13.5 Å². The molecule has 4 aromatic rings. The van der Waals surface area contributed by atoms with Crippen molar-refractivity contribution in [2.24, 2.45) is 5.84 Å². The Kier molecular flexibility index (Phi) is 5.42. The van der Waals surface area contributed by atoms with Crippen molar-refractivity contribution in [3.63, 3.8) is 0 Å². The summed E-state index contributed by atoms with van der Waals surface area (Å²) in [6.45, 7) is 2.78. The second kappa shape index (κ2) is 8.31. The number of pyridine rings is 1. The van der Waals surface area contributed by atoms with Gasteiger partial charge in [0.2, 0.25) is 0 Å². The lowest BCUT2D eigenvalue weighted by molar-refractivity contribution is 0.341. The molecule has 4 rings (SSSR count). The van der Waals surface area contributed by atoms with Gasteiger partial charge in [0.1, 0.15) is 0 Å². The molecule has 0 aliphatic carbocycles. The normalized spacial score (nSPS) is 11.6. The van der Waals surface area contributed by atoms with Crippen LogP contribution in [-0.2, 0) is 6.54 Å². The molecule has 0 amide bonds. The quantitative estimate of drug-likeness (QED) is 0.408. The Hall–Kier alpha value is -3.41. The summed E-state index contributed by atoms with van der Waals surface area (Å²) in [6, 6.07) is 20.4. The lowest BCUT2D eigenvalue weighted by Crippen LogP contribution is -2.24. The van der Waals surface area contributed by atoms with Crippen LogP contribution in [0.3, 0.4) is 0 Å². The molecule has 0 fully saturated rings. The number of hydrazine groups is 1. The van der Waals surface area contributed by atoms with Crippen molar-refractivity contribution >= 4 is 23.1 Å². The third kappa shape index (κ3) is 4.54. The Morgan fingerprint density at radius 3 is 2.52 bits per heavy atom. The molecule has 2 N–H and O–H groups in total. The first kappa shape index (κ1) is 18.9. The highest BCUT2D eigenvalue weighted by Crippen LogP contribution is 2.28. The Morgan fingerprint density at radius 1 is 0.966 bits per heavy atom. The van der Waals surface area contributed by atoms with Gasteiger partial charge in [-0.15, -0.1) is 0 Å². The molecule has 0 aliphatic heterocycles. The standard InChI is InChI=1S/C24H23N5/c1-17-6-12-22-21(15-17)24(19-9-7-18(8-10-19)16-29(2)25)28-23(27-22)13-11-20-5-3-4-14-26-20/h3-15H,16,25H2,1-2H3. The van der Waals surface area contributed by atoms with Crippen LogP contribution in [0.25, 0.3) is 34.3 Å². The van der Waals surface area contributed by atoms with E-state index in [0.29, 0.717) is 12.4 Å². The largest absolute Gasteiger partial charge is 0.269 e. The Morgan fingerprint density at radius 2 is 1.79 bits per heavy atom. The summed E-state index contributed by atoms with van der Waals surface area (Å²) in [5.74, 6) is 6.43. The molecule has 0 saturated heterocycles. The average Bonchev–Trinajstić information content (AvgIpc) is 2.73. The maximum atomic E-state index is 5.77. The Bertz CT molecular complexity index is 1150. The topological polar surface area (TPSA) is 67.9 Å². The molecule has 0 saturated carbocycles. The monoisotopic (exact) mass is 381 g/mol. The summed E-state index contributed by atoms with van der Waals surface area (Å²) in [5.41, 5.74) is 6.11. The lowest BCUT2D eigenvalue weighted by Gasteiger charge is -2.11. The molecular weight excluding hydrogens is 358 g/mol. The van der Waals surface area contributed by atoms with E-state index in [1.807, 2.05) is 43.5 Å². The fourth-order valence-corrected chi connectivity index (χ4v) is 3.25. The first-order valence-electron chi connectivity index (χ1n) is 9.51. The van der Waals surface area contributed by atoms with Gasteiger partial charge in [0.15, 0.2) is 5.82 Å². The number of benzene rings is 2. The van der Waals surface area contributed by atoms with Gasteiger partial charge < -0.3 is 0 Å². The third-order valence-corrected chi connectivity index (χ3v) is 4.62. The number of hydrogen-bond donors (Lipinski definition) is 1. The van der Waals surface area contributed by atoms with Crippen molar-refractivity contribution in [1.29, 1.82) is 0 Å². The van der Waals surface area contributed by atoms with E-state index < -0.39 is 0 Å². The van der Waals surface area contributed by atoms with Gasteiger partial charge in [-0.25, -0.2) is 15.0 Å². The van der Waals surface area contributed by atoms with Crippen molar-refractivity contribution in [2.75, 3.05) is 7.05 Å². The van der Waals surface area contributed by atoms with Crippen LogP contribution in [0.15, 0.2) is 66.9 Å². The predicted octanol–water partition coefficient (Wildman–Crippen LogP) is 4.48. The summed E-state index contributed by atoms with van der Waals surface area (Å²) in [4.78, 5) is 13.9. The van der Waals surface area contributed by atoms with Crippen LogP contribution >= 0.6 is 0 Å². The molecule has 144 valence electrons. The van der Waals surface area contributed by atoms with Gasteiger partial charge >= 0.3 is 0 Å². The predicted molar refractivity (Wildman–Crippen MR) is 119 cm³/mol. The van der Waals surface area contributed by atoms with Crippen molar-refractivity contribution < 1.29 is 0 Å². The van der Waals surface area contributed by atoms with E-state index in [2.05, 4.69) is 48.3 Å². The highest BCUT2D eigenvalue weighted by atomic mass is 15.4. The van der Waals surface area contributed by atoms with Gasteiger partial charge in [0, 0.05) is 30.7 Å².